The molecular formula is C23H25N3S. The summed E-state index contributed by atoms with van der Waals surface area (Å²) < 4.78 is 0. The molecule has 0 saturated carbocycles. The van der Waals surface area contributed by atoms with Gasteiger partial charge in [0, 0.05) is 31.2 Å². The summed E-state index contributed by atoms with van der Waals surface area (Å²) in [5, 5.41) is 4.11. The molecule has 4 heteroatoms. The van der Waals surface area contributed by atoms with Crippen molar-refractivity contribution in [2.75, 3.05) is 5.32 Å². The quantitative estimate of drug-likeness (QED) is 0.604. The minimum Gasteiger partial charge on any atom is -0.340 e. The smallest absolute Gasteiger partial charge is 0.174 e. The van der Waals surface area contributed by atoms with Crippen LogP contribution < -0.4 is 5.32 Å². The predicted octanol–water partition coefficient (Wildman–Crippen LogP) is 5.41. The molecule has 1 aromatic heterocycles. The van der Waals surface area contributed by atoms with Crippen LogP contribution in [0.25, 0.3) is 0 Å². The standard InChI is InChI=1S/C23H25N3S/c1-17-6-9-20(10-7-17)15-26(16-21-5-4-12-24-14-21)23(27)25-22-11-8-18(2)19(3)13-22/h4-14H,15-16H2,1-3H3,(H,25,27). The number of anilines is 1. The van der Waals surface area contributed by atoms with Crippen LogP contribution in [0.3, 0.4) is 0 Å². The second-order valence-corrected chi connectivity index (χ2v) is 7.32. The van der Waals surface area contributed by atoms with Gasteiger partial charge >= 0.3 is 0 Å². The van der Waals surface area contributed by atoms with Gasteiger partial charge in [-0.1, -0.05) is 42.0 Å². The van der Waals surface area contributed by atoms with E-state index in [0.717, 1.165) is 17.8 Å². The van der Waals surface area contributed by atoms with Crippen molar-refractivity contribution in [3.05, 3.63) is 94.8 Å². The zero-order valence-corrected chi connectivity index (χ0v) is 16.9. The molecule has 3 nitrogen and oxygen atoms in total. The average Bonchev–Trinajstić information content (AvgIpc) is 2.67. The molecule has 0 saturated heterocycles. The minimum absolute atomic E-state index is 0.707. The van der Waals surface area contributed by atoms with Crippen LogP contribution in [0.1, 0.15) is 27.8 Å². The average molecular weight is 376 g/mol. The van der Waals surface area contributed by atoms with Crippen molar-refractivity contribution in [1.82, 2.24) is 9.88 Å². The predicted molar refractivity (Wildman–Crippen MR) is 117 cm³/mol. The van der Waals surface area contributed by atoms with Gasteiger partial charge in [-0.2, -0.15) is 0 Å². The summed E-state index contributed by atoms with van der Waals surface area (Å²) in [6, 6.07) is 18.9. The summed E-state index contributed by atoms with van der Waals surface area (Å²) in [5.41, 5.74) is 7.16. The van der Waals surface area contributed by atoms with Crippen molar-refractivity contribution < 1.29 is 0 Å². The van der Waals surface area contributed by atoms with Gasteiger partial charge in [0.25, 0.3) is 0 Å². The molecule has 0 radical (unpaired) electrons. The Hall–Kier alpha value is -2.72. The van der Waals surface area contributed by atoms with Crippen LogP contribution in [0.4, 0.5) is 5.69 Å². The molecule has 0 fully saturated rings. The van der Waals surface area contributed by atoms with Gasteiger partial charge < -0.3 is 10.2 Å². The summed E-state index contributed by atoms with van der Waals surface area (Å²) in [4.78, 5) is 6.40. The lowest BCUT2D eigenvalue weighted by Crippen LogP contribution is -2.33. The van der Waals surface area contributed by atoms with Gasteiger partial charge in [0.15, 0.2) is 5.11 Å². The van der Waals surface area contributed by atoms with E-state index in [0.29, 0.717) is 11.7 Å². The Labute approximate surface area is 167 Å². The van der Waals surface area contributed by atoms with Crippen LogP contribution in [0.2, 0.25) is 0 Å². The molecule has 3 aromatic rings. The third-order valence-electron chi connectivity index (χ3n) is 4.64. The van der Waals surface area contributed by atoms with Crippen molar-refractivity contribution in [2.45, 2.75) is 33.9 Å². The van der Waals surface area contributed by atoms with E-state index in [-0.39, 0.29) is 0 Å². The van der Waals surface area contributed by atoms with Crippen LogP contribution in [0.5, 0.6) is 0 Å². The fourth-order valence-corrected chi connectivity index (χ4v) is 3.09. The van der Waals surface area contributed by atoms with Crippen LogP contribution in [0, 0.1) is 20.8 Å². The van der Waals surface area contributed by atoms with Crippen molar-refractivity contribution >= 4 is 23.0 Å². The SMILES string of the molecule is Cc1ccc(CN(Cc2cccnc2)C(=S)Nc2ccc(C)c(C)c2)cc1. The number of nitrogens with one attached hydrogen (secondary N) is 1. The largest absolute Gasteiger partial charge is 0.340 e. The molecule has 0 bridgehead atoms. The topological polar surface area (TPSA) is 28.2 Å². The van der Waals surface area contributed by atoms with Crippen molar-refractivity contribution in [3.8, 4) is 0 Å². The Bertz CT molecular complexity index is 905. The van der Waals surface area contributed by atoms with E-state index in [4.69, 9.17) is 12.2 Å². The highest BCUT2D eigenvalue weighted by Gasteiger charge is 2.12. The normalized spacial score (nSPS) is 10.5. The molecular weight excluding hydrogens is 350 g/mol. The van der Waals surface area contributed by atoms with Crippen LogP contribution in [-0.4, -0.2) is 15.0 Å². The van der Waals surface area contributed by atoms with Gasteiger partial charge in [0.2, 0.25) is 0 Å². The minimum atomic E-state index is 0.707. The molecule has 0 aliphatic carbocycles. The Morgan fingerprint density at radius 2 is 1.67 bits per heavy atom. The lowest BCUT2D eigenvalue weighted by molar-refractivity contribution is 0.412. The summed E-state index contributed by atoms with van der Waals surface area (Å²) in [6.07, 6.45) is 3.68. The zero-order chi connectivity index (χ0) is 19.2. The van der Waals surface area contributed by atoms with E-state index in [1.165, 1.54) is 22.3 Å². The molecule has 138 valence electrons. The molecule has 27 heavy (non-hydrogen) atoms. The number of nitrogens with zero attached hydrogens (tertiary/aromatic N) is 2. The van der Waals surface area contributed by atoms with E-state index in [1.54, 1.807) is 6.20 Å². The Kier molecular flexibility index (Phi) is 6.20. The zero-order valence-electron chi connectivity index (χ0n) is 16.1. The van der Waals surface area contributed by atoms with Gasteiger partial charge in [-0.3, -0.25) is 4.98 Å². The maximum atomic E-state index is 5.75. The van der Waals surface area contributed by atoms with Crippen molar-refractivity contribution in [1.29, 1.82) is 0 Å². The molecule has 0 amide bonds. The fourth-order valence-electron chi connectivity index (χ4n) is 2.85. The van der Waals surface area contributed by atoms with E-state index < -0.39 is 0 Å². The third kappa shape index (κ3) is 5.38. The summed E-state index contributed by atoms with van der Waals surface area (Å²) in [5.74, 6) is 0. The Balaban J connectivity index is 1.79. The number of pyridine rings is 1. The number of hydrogen-bond donors (Lipinski definition) is 1. The van der Waals surface area contributed by atoms with E-state index in [2.05, 4.69) is 84.5 Å². The van der Waals surface area contributed by atoms with Gasteiger partial charge in [-0.05, 0) is 73.4 Å². The van der Waals surface area contributed by atoms with Gasteiger partial charge in [0.05, 0.1) is 0 Å². The molecule has 1 heterocycles. The second kappa shape index (κ2) is 8.78. The first-order valence-electron chi connectivity index (χ1n) is 9.09. The summed E-state index contributed by atoms with van der Waals surface area (Å²) in [6.45, 7) is 7.78. The van der Waals surface area contributed by atoms with E-state index in [1.807, 2.05) is 12.3 Å². The van der Waals surface area contributed by atoms with Crippen LogP contribution in [-0.2, 0) is 13.1 Å². The first kappa shape index (κ1) is 19.1. The monoisotopic (exact) mass is 375 g/mol. The highest BCUT2D eigenvalue weighted by Crippen LogP contribution is 2.17. The number of aromatic nitrogens is 1. The number of thiocarbonyl (C=S) groups is 1. The molecule has 0 aliphatic heterocycles. The van der Waals surface area contributed by atoms with Crippen LogP contribution >= 0.6 is 12.2 Å². The van der Waals surface area contributed by atoms with Gasteiger partial charge in [0.1, 0.15) is 0 Å². The lowest BCUT2D eigenvalue weighted by atomic mass is 10.1. The second-order valence-electron chi connectivity index (χ2n) is 6.93. The molecule has 0 unspecified atom stereocenters. The molecule has 0 atom stereocenters. The molecule has 0 spiro atoms. The maximum Gasteiger partial charge on any atom is 0.174 e. The summed E-state index contributed by atoms with van der Waals surface area (Å²) in [7, 11) is 0. The first-order valence-corrected chi connectivity index (χ1v) is 9.50. The Morgan fingerprint density at radius 3 is 2.33 bits per heavy atom. The molecule has 0 aliphatic rings. The lowest BCUT2D eigenvalue weighted by Gasteiger charge is -2.26. The highest BCUT2D eigenvalue weighted by molar-refractivity contribution is 7.80. The first-order chi connectivity index (χ1) is 13.0. The summed E-state index contributed by atoms with van der Waals surface area (Å²) >= 11 is 5.75. The van der Waals surface area contributed by atoms with Crippen molar-refractivity contribution in [3.63, 3.8) is 0 Å². The molecule has 1 N–H and O–H groups in total. The fraction of sp³-hybridized carbons (Fsp3) is 0.217. The number of hydrogen-bond acceptors (Lipinski definition) is 2. The van der Waals surface area contributed by atoms with E-state index in [9.17, 15) is 0 Å². The number of aryl methyl sites for hydroxylation is 3. The number of benzene rings is 2. The maximum absolute atomic E-state index is 5.75. The van der Waals surface area contributed by atoms with Gasteiger partial charge in [-0.15, -0.1) is 0 Å². The van der Waals surface area contributed by atoms with Gasteiger partial charge in [-0.25, -0.2) is 0 Å². The van der Waals surface area contributed by atoms with E-state index >= 15 is 0 Å². The highest BCUT2D eigenvalue weighted by atomic mass is 32.1. The third-order valence-corrected chi connectivity index (χ3v) is 5.00. The van der Waals surface area contributed by atoms with Crippen LogP contribution in [0.15, 0.2) is 67.0 Å². The Morgan fingerprint density at radius 1 is 0.926 bits per heavy atom. The van der Waals surface area contributed by atoms with Crippen molar-refractivity contribution in [2.24, 2.45) is 0 Å². The molecule has 2 aromatic carbocycles. The molecule has 3 rings (SSSR count). The number of rotatable bonds is 5.